The third kappa shape index (κ3) is 3.33. The summed E-state index contributed by atoms with van der Waals surface area (Å²) in [4.78, 5) is 11.1. The summed E-state index contributed by atoms with van der Waals surface area (Å²) in [5.41, 5.74) is 1.29. The molecule has 2 atom stereocenters. The lowest BCUT2D eigenvalue weighted by atomic mass is 9.99. The molecule has 2 saturated heterocycles. The van der Waals surface area contributed by atoms with E-state index < -0.39 is 0 Å². The van der Waals surface area contributed by atoms with Crippen LogP contribution in [0.2, 0.25) is 5.02 Å². The van der Waals surface area contributed by atoms with Crippen LogP contribution in [0.4, 0.5) is 0 Å². The molecule has 5 heteroatoms. The van der Waals surface area contributed by atoms with E-state index in [0.717, 1.165) is 19.4 Å². The Morgan fingerprint density at radius 1 is 1.13 bits per heavy atom. The Labute approximate surface area is 141 Å². The van der Waals surface area contributed by atoms with Crippen LogP contribution in [0.1, 0.15) is 31.2 Å². The number of piperidine rings is 1. The molecule has 0 aliphatic carbocycles. The fourth-order valence-electron chi connectivity index (χ4n) is 3.88. The van der Waals surface area contributed by atoms with Gasteiger partial charge in [0.05, 0.1) is 5.02 Å². The first-order chi connectivity index (χ1) is 11.3. The van der Waals surface area contributed by atoms with Gasteiger partial charge in [0.15, 0.2) is 0 Å². The first-order valence-corrected chi connectivity index (χ1v) is 8.58. The van der Waals surface area contributed by atoms with Gasteiger partial charge >= 0.3 is 0 Å². The van der Waals surface area contributed by atoms with Crippen LogP contribution < -0.4 is 4.74 Å². The quantitative estimate of drug-likeness (QED) is 0.857. The van der Waals surface area contributed by atoms with Crippen molar-refractivity contribution in [3.05, 3.63) is 53.4 Å². The molecule has 0 spiro atoms. The van der Waals surface area contributed by atoms with E-state index in [-0.39, 0.29) is 6.10 Å². The summed E-state index contributed by atoms with van der Waals surface area (Å²) < 4.78 is 6.08. The highest BCUT2D eigenvalue weighted by Crippen LogP contribution is 2.38. The van der Waals surface area contributed by atoms with Crippen LogP contribution in [0.3, 0.4) is 0 Å². The maximum Gasteiger partial charge on any atom is 0.213 e. The number of pyridine rings is 2. The Bertz CT molecular complexity index is 635. The minimum absolute atomic E-state index is 0.256. The molecule has 2 aliphatic rings. The Kier molecular flexibility index (Phi) is 4.19. The van der Waals surface area contributed by atoms with Crippen molar-refractivity contribution < 1.29 is 4.74 Å². The molecule has 2 aliphatic heterocycles. The largest absolute Gasteiger partial charge is 0.474 e. The van der Waals surface area contributed by atoms with E-state index in [2.05, 4.69) is 20.9 Å². The summed E-state index contributed by atoms with van der Waals surface area (Å²) in [5, 5.41) is 0.642. The van der Waals surface area contributed by atoms with Gasteiger partial charge in [-0.05, 0) is 43.4 Å². The highest BCUT2D eigenvalue weighted by atomic mass is 35.5. The normalized spacial score (nSPS) is 27.1. The number of fused-ring (bicyclic) bond motifs is 2. The van der Waals surface area contributed by atoms with Crippen molar-refractivity contribution in [1.29, 1.82) is 0 Å². The number of aromatic nitrogens is 2. The van der Waals surface area contributed by atoms with Gasteiger partial charge in [-0.2, -0.15) is 0 Å². The summed E-state index contributed by atoms with van der Waals surface area (Å²) in [6.45, 7) is 0.995. The molecule has 23 heavy (non-hydrogen) atoms. The molecule has 2 bridgehead atoms. The summed E-state index contributed by atoms with van der Waals surface area (Å²) in [5.74, 6) is 0.680. The molecule has 0 radical (unpaired) electrons. The van der Waals surface area contributed by atoms with Crippen LogP contribution in [0.15, 0.2) is 42.9 Å². The van der Waals surface area contributed by atoms with Crippen molar-refractivity contribution in [2.45, 2.75) is 50.4 Å². The van der Waals surface area contributed by atoms with Gasteiger partial charge in [0, 0.05) is 43.3 Å². The fraction of sp³-hybridized carbons (Fsp3) is 0.444. The standard InChI is InChI=1S/C18H20ClN3O/c19-14-3-6-18(21-11-14)23-17-8-15-4-5-16(9-17)22(15)12-13-2-1-7-20-10-13/h1-3,6-7,10-11,15-17H,4-5,8-9,12H2. The van der Waals surface area contributed by atoms with Gasteiger partial charge in [0.2, 0.25) is 5.88 Å². The molecule has 120 valence electrons. The molecular weight excluding hydrogens is 310 g/mol. The second-order valence-electron chi connectivity index (χ2n) is 6.44. The summed E-state index contributed by atoms with van der Waals surface area (Å²) in [6.07, 6.45) is 10.4. The lowest BCUT2D eigenvalue weighted by Crippen LogP contribution is -2.45. The summed E-state index contributed by atoms with van der Waals surface area (Å²) in [7, 11) is 0. The number of rotatable bonds is 4. The average molecular weight is 330 g/mol. The third-order valence-corrected chi connectivity index (χ3v) is 5.14. The molecule has 0 amide bonds. The maximum atomic E-state index is 6.08. The Balaban J connectivity index is 1.40. The van der Waals surface area contributed by atoms with E-state index in [4.69, 9.17) is 16.3 Å². The molecule has 0 N–H and O–H groups in total. The van der Waals surface area contributed by atoms with Gasteiger partial charge in [-0.3, -0.25) is 9.88 Å². The second kappa shape index (κ2) is 6.46. The highest BCUT2D eigenvalue weighted by molar-refractivity contribution is 6.30. The molecule has 0 saturated carbocycles. The molecule has 4 heterocycles. The maximum absolute atomic E-state index is 6.08. The molecule has 4 rings (SSSR count). The topological polar surface area (TPSA) is 38.2 Å². The predicted octanol–water partition coefficient (Wildman–Crippen LogP) is 3.70. The second-order valence-corrected chi connectivity index (χ2v) is 6.88. The Morgan fingerprint density at radius 3 is 2.61 bits per heavy atom. The van der Waals surface area contributed by atoms with Gasteiger partial charge < -0.3 is 4.74 Å². The molecule has 2 unspecified atom stereocenters. The predicted molar refractivity (Wildman–Crippen MR) is 89.5 cm³/mol. The SMILES string of the molecule is Clc1ccc(OC2CC3CCC(C2)N3Cc2cccnc2)nc1. The van der Waals surface area contributed by atoms with E-state index >= 15 is 0 Å². The average Bonchev–Trinajstić information content (AvgIpc) is 2.81. The van der Waals surface area contributed by atoms with E-state index in [1.54, 1.807) is 6.20 Å². The first kappa shape index (κ1) is 14.9. The molecular formula is C18H20ClN3O. The number of halogens is 1. The van der Waals surface area contributed by atoms with Gasteiger partial charge in [0.1, 0.15) is 6.10 Å². The van der Waals surface area contributed by atoms with Gasteiger partial charge in [-0.1, -0.05) is 17.7 Å². The van der Waals surface area contributed by atoms with Crippen LogP contribution in [0.25, 0.3) is 0 Å². The third-order valence-electron chi connectivity index (χ3n) is 4.92. The van der Waals surface area contributed by atoms with Crippen molar-refractivity contribution in [3.8, 4) is 5.88 Å². The van der Waals surface area contributed by atoms with E-state index in [0.29, 0.717) is 23.0 Å². The number of hydrogen-bond donors (Lipinski definition) is 0. The Morgan fingerprint density at radius 2 is 1.96 bits per heavy atom. The van der Waals surface area contributed by atoms with Crippen molar-refractivity contribution in [2.24, 2.45) is 0 Å². The van der Waals surface area contributed by atoms with Crippen molar-refractivity contribution in [2.75, 3.05) is 0 Å². The Hall–Kier alpha value is -1.65. The lowest BCUT2D eigenvalue weighted by molar-refractivity contribution is 0.0422. The first-order valence-electron chi connectivity index (χ1n) is 8.21. The molecule has 2 aromatic heterocycles. The lowest BCUT2D eigenvalue weighted by Gasteiger charge is -2.38. The van der Waals surface area contributed by atoms with E-state index in [1.807, 2.05) is 30.6 Å². The van der Waals surface area contributed by atoms with E-state index in [1.165, 1.54) is 18.4 Å². The van der Waals surface area contributed by atoms with Crippen molar-refractivity contribution in [3.63, 3.8) is 0 Å². The number of hydrogen-bond acceptors (Lipinski definition) is 4. The van der Waals surface area contributed by atoms with Crippen LogP contribution in [-0.4, -0.2) is 33.1 Å². The number of ether oxygens (including phenoxy) is 1. The zero-order chi connectivity index (χ0) is 15.6. The summed E-state index contributed by atoms with van der Waals surface area (Å²) in [6, 6.07) is 9.06. The summed E-state index contributed by atoms with van der Waals surface area (Å²) >= 11 is 5.88. The van der Waals surface area contributed by atoms with Crippen LogP contribution in [-0.2, 0) is 6.54 Å². The monoisotopic (exact) mass is 329 g/mol. The van der Waals surface area contributed by atoms with Crippen molar-refractivity contribution >= 4 is 11.6 Å². The molecule has 0 aromatic carbocycles. The van der Waals surface area contributed by atoms with Gasteiger partial charge in [0.25, 0.3) is 0 Å². The van der Waals surface area contributed by atoms with E-state index in [9.17, 15) is 0 Å². The zero-order valence-corrected chi connectivity index (χ0v) is 13.7. The minimum Gasteiger partial charge on any atom is -0.474 e. The van der Waals surface area contributed by atoms with Crippen LogP contribution in [0.5, 0.6) is 5.88 Å². The molecule has 4 nitrogen and oxygen atoms in total. The highest BCUT2D eigenvalue weighted by Gasteiger charge is 2.41. The van der Waals surface area contributed by atoms with Gasteiger partial charge in [-0.25, -0.2) is 4.98 Å². The fourth-order valence-corrected chi connectivity index (χ4v) is 4.00. The van der Waals surface area contributed by atoms with Crippen molar-refractivity contribution in [1.82, 2.24) is 14.9 Å². The molecule has 2 fully saturated rings. The zero-order valence-electron chi connectivity index (χ0n) is 12.9. The molecule has 2 aromatic rings. The number of nitrogens with zero attached hydrogens (tertiary/aromatic N) is 3. The van der Waals surface area contributed by atoms with Crippen LogP contribution in [0, 0.1) is 0 Å². The van der Waals surface area contributed by atoms with Crippen LogP contribution >= 0.6 is 11.6 Å². The smallest absolute Gasteiger partial charge is 0.213 e. The minimum atomic E-state index is 0.256. The van der Waals surface area contributed by atoms with Gasteiger partial charge in [-0.15, -0.1) is 0 Å².